The normalized spacial score (nSPS) is 27.0. The average molecular weight is 1390 g/mol. The van der Waals surface area contributed by atoms with E-state index in [1.165, 1.54) is 244 Å². The second-order valence-corrected chi connectivity index (χ2v) is 28.5. The molecule has 19 nitrogen and oxygen atoms in total. The number of aliphatic hydroxyl groups is 11. The smallest absolute Gasteiger partial charge is 0.220 e. The van der Waals surface area contributed by atoms with Gasteiger partial charge in [0.2, 0.25) is 5.91 Å². The number of hydrogen-bond donors (Lipinski definition) is 12. The van der Waals surface area contributed by atoms with Gasteiger partial charge in [0.1, 0.15) is 73.2 Å². The third-order valence-corrected chi connectivity index (χ3v) is 19.9. The maximum Gasteiger partial charge on any atom is 0.220 e. The predicted octanol–water partition coefficient (Wildman–Crippen LogP) is 12.7. The molecule has 0 saturated carbocycles. The Morgan fingerprint density at radius 2 is 0.660 bits per heavy atom. The first-order chi connectivity index (χ1) is 47.3. The van der Waals surface area contributed by atoms with Gasteiger partial charge in [0, 0.05) is 6.42 Å². The van der Waals surface area contributed by atoms with E-state index in [0.717, 1.165) is 44.9 Å². The molecule has 0 bridgehead atoms. The van der Waals surface area contributed by atoms with E-state index in [2.05, 4.69) is 43.5 Å². The van der Waals surface area contributed by atoms with Crippen molar-refractivity contribution in [1.82, 2.24) is 5.32 Å². The predicted molar refractivity (Wildman–Crippen MR) is 383 cm³/mol. The lowest BCUT2D eigenvalue weighted by Gasteiger charge is -2.48. The van der Waals surface area contributed by atoms with E-state index in [0.29, 0.717) is 12.8 Å². The standard InChI is InChI=1S/C78H145NO18/c1-3-5-7-9-11-13-15-17-19-21-23-25-26-27-28-29-30-31-32-33-34-36-37-39-41-43-45-47-49-51-53-55-62(83)61(79-66(84)56-54-52-50-48-46-44-42-40-38-35-24-22-20-18-16-14-12-10-8-6-4-2)60-92-76-72(90)69(87)74(64(58-81)94-76)97-78-73(91)70(88)75(65(59-82)95-78)96-77-71(89)68(86)67(85)63(57-80)93-77/h37,39,45,47,53,55,61-65,67-78,80-83,85-91H,3-36,38,40-44,46,48-52,54,56-60H2,1-2H3,(H,79,84)/b39-37+,47-45+,55-53+. The number of nitrogens with one attached hydrogen (secondary N) is 1. The molecule has 19 heteroatoms. The van der Waals surface area contributed by atoms with E-state index in [1.54, 1.807) is 6.08 Å². The topological polar surface area (TPSA) is 307 Å². The molecule has 0 aromatic rings. The van der Waals surface area contributed by atoms with Gasteiger partial charge < -0.3 is 89.9 Å². The van der Waals surface area contributed by atoms with Gasteiger partial charge in [-0.2, -0.15) is 0 Å². The summed E-state index contributed by atoms with van der Waals surface area (Å²) in [7, 11) is 0. The van der Waals surface area contributed by atoms with Crippen molar-refractivity contribution >= 4 is 5.91 Å². The SMILES string of the molecule is CCCCCCCCCCCCCCCCCCCCCCC/C=C/CC/C=C/CC/C=C/C(O)C(COC1OC(CO)C(OC2OC(CO)C(OC3OC(CO)C(O)C(O)C3O)C(O)C2O)C(O)C1O)NC(=O)CCCCCCCCCCCCCCCCCCCCCCC. The summed E-state index contributed by atoms with van der Waals surface area (Å²) in [6, 6.07) is -0.996. The van der Waals surface area contributed by atoms with E-state index in [-0.39, 0.29) is 18.9 Å². The molecule has 3 aliphatic heterocycles. The van der Waals surface area contributed by atoms with E-state index in [1.807, 2.05) is 6.08 Å². The van der Waals surface area contributed by atoms with Gasteiger partial charge in [-0.15, -0.1) is 0 Å². The third-order valence-electron chi connectivity index (χ3n) is 19.9. The van der Waals surface area contributed by atoms with E-state index in [4.69, 9.17) is 28.4 Å². The van der Waals surface area contributed by atoms with Crippen molar-refractivity contribution in [1.29, 1.82) is 0 Å². The average Bonchev–Trinajstić information content (AvgIpc) is 0.795. The van der Waals surface area contributed by atoms with Crippen molar-refractivity contribution in [3.8, 4) is 0 Å². The summed E-state index contributed by atoms with van der Waals surface area (Å²) in [5, 5.41) is 121. The van der Waals surface area contributed by atoms with Crippen LogP contribution in [0.15, 0.2) is 36.5 Å². The summed E-state index contributed by atoms with van der Waals surface area (Å²) >= 11 is 0. The number of hydrogen-bond acceptors (Lipinski definition) is 18. The number of allylic oxidation sites excluding steroid dienone is 5. The number of amides is 1. The molecule has 0 aromatic carbocycles. The Labute approximate surface area is 587 Å². The zero-order valence-electron chi connectivity index (χ0n) is 60.8. The van der Waals surface area contributed by atoms with E-state index < -0.39 is 124 Å². The van der Waals surface area contributed by atoms with Crippen LogP contribution in [-0.4, -0.2) is 193 Å². The van der Waals surface area contributed by atoms with Crippen LogP contribution in [0.4, 0.5) is 0 Å². The van der Waals surface area contributed by atoms with Gasteiger partial charge in [-0.25, -0.2) is 0 Å². The number of aliphatic hydroxyl groups excluding tert-OH is 11. The Morgan fingerprint density at radius 3 is 1.03 bits per heavy atom. The molecule has 3 rings (SSSR count). The number of carbonyl (C=O) groups is 1. The van der Waals surface area contributed by atoms with Crippen LogP contribution >= 0.6 is 0 Å². The zero-order valence-corrected chi connectivity index (χ0v) is 60.8. The molecule has 0 radical (unpaired) electrons. The largest absolute Gasteiger partial charge is 0.394 e. The minimum Gasteiger partial charge on any atom is -0.394 e. The highest BCUT2D eigenvalue weighted by atomic mass is 16.8. The molecule has 3 saturated heterocycles. The highest BCUT2D eigenvalue weighted by molar-refractivity contribution is 5.76. The first kappa shape index (κ1) is 89.2. The van der Waals surface area contributed by atoms with Crippen LogP contribution < -0.4 is 5.32 Å². The summed E-state index contributed by atoms with van der Waals surface area (Å²) in [5.74, 6) is -0.284. The van der Waals surface area contributed by atoms with Gasteiger partial charge in [0.25, 0.3) is 0 Å². The zero-order chi connectivity index (χ0) is 70.4. The van der Waals surface area contributed by atoms with Crippen molar-refractivity contribution in [2.75, 3.05) is 26.4 Å². The van der Waals surface area contributed by atoms with Gasteiger partial charge in [-0.05, 0) is 44.9 Å². The Morgan fingerprint density at radius 1 is 0.361 bits per heavy atom. The maximum atomic E-state index is 13.4. The lowest BCUT2D eigenvalue weighted by Crippen LogP contribution is -2.66. The molecule has 3 fully saturated rings. The fourth-order valence-electron chi connectivity index (χ4n) is 13.5. The van der Waals surface area contributed by atoms with Crippen molar-refractivity contribution in [3.05, 3.63) is 36.5 Å². The molecule has 17 unspecified atom stereocenters. The minimum absolute atomic E-state index is 0.236. The van der Waals surface area contributed by atoms with Crippen molar-refractivity contribution in [3.63, 3.8) is 0 Å². The third kappa shape index (κ3) is 40.0. The van der Waals surface area contributed by atoms with Crippen molar-refractivity contribution < 1.29 is 89.4 Å². The van der Waals surface area contributed by atoms with Gasteiger partial charge >= 0.3 is 0 Å². The summed E-state index contributed by atoms with van der Waals surface area (Å²) in [6.45, 7) is 1.76. The Kier molecular flexibility index (Phi) is 54.6. The molecule has 0 aromatic heterocycles. The molecule has 3 heterocycles. The van der Waals surface area contributed by atoms with Gasteiger partial charge in [0.15, 0.2) is 18.9 Å². The second kappa shape index (κ2) is 59.4. The van der Waals surface area contributed by atoms with Crippen molar-refractivity contribution in [2.24, 2.45) is 0 Å². The number of carbonyl (C=O) groups excluding carboxylic acids is 1. The molecule has 0 spiro atoms. The molecule has 1 amide bonds. The van der Waals surface area contributed by atoms with Crippen LogP contribution in [0.25, 0.3) is 0 Å². The summed E-state index contributed by atoms with van der Waals surface area (Å²) in [4.78, 5) is 13.4. The van der Waals surface area contributed by atoms with Crippen LogP contribution in [0.2, 0.25) is 0 Å². The van der Waals surface area contributed by atoms with E-state index >= 15 is 0 Å². The minimum atomic E-state index is -1.98. The summed E-state index contributed by atoms with van der Waals surface area (Å²) < 4.78 is 34.4. The highest BCUT2D eigenvalue weighted by Crippen LogP contribution is 2.33. The maximum absolute atomic E-state index is 13.4. The monoisotopic (exact) mass is 1380 g/mol. The second-order valence-electron chi connectivity index (χ2n) is 28.5. The lowest BCUT2D eigenvalue weighted by atomic mass is 9.96. The van der Waals surface area contributed by atoms with Crippen LogP contribution in [0, 0.1) is 0 Å². The van der Waals surface area contributed by atoms with Crippen LogP contribution in [0.3, 0.4) is 0 Å². The number of rotatable bonds is 63. The molecule has 12 N–H and O–H groups in total. The lowest BCUT2D eigenvalue weighted by molar-refractivity contribution is -0.379. The summed E-state index contributed by atoms with van der Waals surface area (Å²) in [6.07, 6.45) is 45.7. The molecule has 570 valence electrons. The van der Waals surface area contributed by atoms with Crippen LogP contribution in [0.1, 0.15) is 322 Å². The Balaban J connectivity index is 1.40. The van der Waals surface area contributed by atoms with Crippen molar-refractivity contribution in [2.45, 2.75) is 426 Å². The van der Waals surface area contributed by atoms with Gasteiger partial charge in [-0.3, -0.25) is 4.79 Å². The molecule has 3 aliphatic rings. The van der Waals surface area contributed by atoms with Crippen LogP contribution in [0.5, 0.6) is 0 Å². The fraction of sp³-hybridized carbons (Fsp3) is 0.910. The number of ether oxygens (including phenoxy) is 6. The quantitative estimate of drug-likeness (QED) is 0.0199. The molecule has 0 aliphatic carbocycles. The van der Waals surface area contributed by atoms with Gasteiger partial charge in [0.05, 0.1) is 38.6 Å². The summed E-state index contributed by atoms with van der Waals surface area (Å²) in [5.41, 5.74) is 0. The fourth-order valence-corrected chi connectivity index (χ4v) is 13.5. The number of unbranched alkanes of at least 4 members (excludes halogenated alkanes) is 43. The first-order valence-corrected chi connectivity index (χ1v) is 39.7. The highest BCUT2D eigenvalue weighted by Gasteiger charge is 2.53. The molecule has 17 atom stereocenters. The van der Waals surface area contributed by atoms with Gasteiger partial charge in [-0.1, -0.05) is 307 Å². The first-order valence-electron chi connectivity index (χ1n) is 39.7. The Hall–Kier alpha value is -1.99. The molecular weight excluding hydrogens is 1240 g/mol. The Bertz CT molecular complexity index is 1900. The molecular formula is C78H145NO18. The van der Waals surface area contributed by atoms with Crippen LogP contribution in [-0.2, 0) is 33.2 Å². The van der Waals surface area contributed by atoms with E-state index in [9.17, 15) is 61.0 Å². The molecule has 97 heavy (non-hydrogen) atoms.